The summed E-state index contributed by atoms with van der Waals surface area (Å²) in [6, 6.07) is 13.8. The highest BCUT2D eigenvalue weighted by atomic mass is 32.1. The first-order valence-corrected chi connectivity index (χ1v) is 13.5. The largest absolute Gasteiger partial charge is 0.336 e. The third-order valence-corrected chi connectivity index (χ3v) is 8.48. The summed E-state index contributed by atoms with van der Waals surface area (Å²) < 4.78 is 0. The summed E-state index contributed by atoms with van der Waals surface area (Å²) in [6.07, 6.45) is 4.39. The minimum absolute atomic E-state index is 0.00913. The molecule has 0 bridgehead atoms. The fourth-order valence-corrected chi connectivity index (χ4v) is 6.61. The molecule has 36 heavy (non-hydrogen) atoms. The van der Waals surface area contributed by atoms with E-state index in [-0.39, 0.29) is 11.5 Å². The number of hydrogen-bond acceptors (Lipinski definition) is 6. The molecule has 0 spiro atoms. The number of amides is 1. The van der Waals surface area contributed by atoms with E-state index in [0.717, 1.165) is 59.5 Å². The van der Waals surface area contributed by atoms with Crippen molar-refractivity contribution in [3.05, 3.63) is 80.3 Å². The van der Waals surface area contributed by atoms with Crippen LogP contribution in [0.2, 0.25) is 0 Å². The molecule has 1 aromatic carbocycles. The average Bonchev–Trinajstić information content (AvgIpc) is 3.28. The number of piperazine rings is 1. The van der Waals surface area contributed by atoms with Gasteiger partial charge in [-0.25, -0.2) is 4.98 Å². The lowest BCUT2D eigenvalue weighted by atomic mass is 9.97. The van der Waals surface area contributed by atoms with Crippen molar-refractivity contribution in [3.8, 4) is 11.3 Å². The molecular formula is C28H29N5O2S. The zero-order valence-electron chi connectivity index (χ0n) is 20.4. The summed E-state index contributed by atoms with van der Waals surface area (Å²) in [4.78, 5) is 45.0. The maximum Gasteiger partial charge on any atom is 0.259 e. The van der Waals surface area contributed by atoms with E-state index < -0.39 is 0 Å². The molecule has 4 aromatic rings. The topological polar surface area (TPSA) is 82.2 Å². The SMILES string of the molecule is Cc1nc(-c2ccccc2)ccc1C(=O)N1CCN(Cc2nc3sc4c(c3c(=O)[nH]2)CCCC4)CC1. The van der Waals surface area contributed by atoms with Crippen molar-refractivity contribution < 1.29 is 4.79 Å². The zero-order chi connectivity index (χ0) is 24.6. The van der Waals surface area contributed by atoms with Crippen molar-refractivity contribution in [2.45, 2.75) is 39.2 Å². The number of pyridine rings is 1. The molecule has 1 aliphatic heterocycles. The highest BCUT2D eigenvalue weighted by Gasteiger charge is 2.25. The van der Waals surface area contributed by atoms with Crippen LogP contribution >= 0.6 is 11.3 Å². The molecule has 1 fully saturated rings. The van der Waals surface area contributed by atoms with Crippen LogP contribution in [0.4, 0.5) is 0 Å². The van der Waals surface area contributed by atoms with Crippen LogP contribution in [0.3, 0.4) is 0 Å². The molecule has 1 saturated heterocycles. The maximum absolute atomic E-state index is 13.2. The number of H-pyrrole nitrogens is 1. The summed E-state index contributed by atoms with van der Waals surface area (Å²) in [6.45, 7) is 5.24. The van der Waals surface area contributed by atoms with Gasteiger partial charge in [-0.2, -0.15) is 0 Å². The number of nitrogens with one attached hydrogen (secondary N) is 1. The van der Waals surface area contributed by atoms with Crippen LogP contribution in [-0.4, -0.2) is 56.8 Å². The molecule has 0 radical (unpaired) electrons. The third-order valence-electron chi connectivity index (χ3n) is 7.29. The standard InChI is InChI=1S/C28H29N5O2S/c1-18-20(11-12-22(29-18)19-7-3-2-4-8-19)28(35)33-15-13-32(14-16-33)17-24-30-26(34)25-21-9-5-6-10-23(21)36-27(25)31-24/h2-4,7-8,11-12H,5-6,9-10,13-17H2,1H3,(H,30,31,34). The smallest absolute Gasteiger partial charge is 0.259 e. The normalized spacial score (nSPS) is 16.3. The van der Waals surface area contributed by atoms with Gasteiger partial charge >= 0.3 is 0 Å². The highest BCUT2D eigenvalue weighted by Crippen LogP contribution is 2.33. The van der Waals surface area contributed by atoms with Crippen molar-refractivity contribution >= 4 is 27.5 Å². The number of thiophene rings is 1. The summed E-state index contributed by atoms with van der Waals surface area (Å²) in [5, 5.41) is 0.802. The summed E-state index contributed by atoms with van der Waals surface area (Å²) >= 11 is 1.68. The zero-order valence-corrected chi connectivity index (χ0v) is 21.2. The van der Waals surface area contributed by atoms with Gasteiger partial charge in [-0.15, -0.1) is 11.3 Å². The molecule has 0 atom stereocenters. The van der Waals surface area contributed by atoms with Gasteiger partial charge in [-0.1, -0.05) is 30.3 Å². The number of carbonyl (C=O) groups excluding carboxylic acids is 1. The Labute approximate surface area is 213 Å². The third kappa shape index (κ3) is 4.35. The number of benzene rings is 1. The molecule has 0 saturated carbocycles. The van der Waals surface area contributed by atoms with Crippen LogP contribution in [0.15, 0.2) is 47.3 Å². The quantitative estimate of drug-likeness (QED) is 0.455. The molecule has 1 amide bonds. The average molecular weight is 500 g/mol. The van der Waals surface area contributed by atoms with Crippen LogP contribution in [-0.2, 0) is 19.4 Å². The second-order valence-corrected chi connectivity index (χ2v) is 10.8. The van der Waals surface area contributed by atoms with E-state index in [1.165, 1.54) is 16.9 Å². The van der Waals surface area contributed by atoms with Crippen molar-refractivity contribution in [2.24, 2.45) is 0 Å². The van der Waals surface area contributed by atoms with Gasteiger partial charge in [0, 0.05) is 36.6 Å². The molecule has 2 aliphatic rings. The van der Waals surface area contributed by atoms with Crippen LogP contribution in [0.1, 0.15) is 45.2 Å². The molecular weight excluding hydrogens is 470 g/mol. The van der Waals surface area contributed by atoms with E-state index in [0.29, 0.717) is 31.0 Å². The van der Waals surface area contributed by atoms with Gasteiger partial charge in [0.05, 0.1) is 28.9 Å². The molecule has 1 aliphatic carbocycles. The molecule has 0 unspecified atom stereocenters. The Hall–Kier alpha value is -3.36. The molecule has 1 N–H and O–H groups in total. The molecule has 6 rings (SSSR count). The predicted molar refractivity (Wildman–Crippen MR) is 142 cm³/mol. The molecule has 184 valence electrons. The lowest BCUT2D eigenvalue weighted by Gasteiger charge is -2.34. The lowest BCUT2D eigenvalue weighted by molar-refractivity contribution is 0.0624. The van der Waals surface area contributed by atoms with Gasteiger partial charge in [0.15, 0.2) is 0 Å². The number of aryl methyl sites for hydroxylation is 3. The Bertz CT molecular complexity index is 1490. The second-order valence-electron chi connectivity index (χ2n) is 9.67. The first-order chi connectivity index (χ1) is 17.6. The molecule has 8 heteroatoms. The number of aromatic amines is 1. The van der Waals surface area contributed by atoms with Crippen molar-refractivity contribution in [2.75, 3.05) is 26.2 Å². The number of nitrogens with zero attached hydrogens (tertiary/aromatic N) is 4. The fourth-order valence-electron chi connectivity index (χ4n) is 5.33. The Morgan fingerprint density at radius 3 is 2.56 bits per heavy atom. The monoisotopic (exact) mass is 499 g/mol. The summed E-state index contributed by atoms with van der Waals surface area (Å²) in [5.74, 6) is 0.735. The van der Waals surface area contributed by atoms with Gasteiger partial charge in [0.1, 0.15) is 10.7 Å². The minimum atomic E-state index is -0.00913. The van der Waals surface area contributed by atoms with Crippen LogP contribution in [0.25, 0.3) is 21.5 Å². The van der Waals surface area contributed by atoms with Crippen molar-refractivity contribution in [3.63, 3.8) is 0 Å². The van der Waals surface area contributed by atoms with E-state index in [4.69, 9.17) is 4.98 Å². The van der Waals surface area contributed by atoms with E-state index in [2.05, 4.69) is 14.9 Å². The molecule has 4 heterocycles. The molecule has 3 aromatic heterocycles. The highest BCUT2D eigenvalue weighted by molar-refractivity contribution is 7.18. The van der Waals surface area contributed by atoms with Crippen LogP contribution in [0.5, 0.6) is 0 Å². The second kappa shape index (κ2) is 9.59. The summed E-state index contributed by atoms with van der Waals surface area (Å²) in [7, 11) is 0. The lowest BCUT2D eigenvalue weighted by Crippen LogP contribution is -2.48. The first kappa shape index (κ1) is 23.1. The van der Waals surface area contributed by atoms with E-state index in [1.54, 1.807) is 11.3 Å². The summed E-state index contributed by atoms with van der Waals surface area (Å²) in [5.41, 5.74) is 4.53. The number of hydrogen-bond donors (Lipinski definition) is 1. The van der Waals surface area contributed by atoms with Gasteiger partial charge in [-0.05, 0) is 50.3 Å². The number of aromatic nitrogens is 3. The fraction of sp³-hybridized carbons (Fsp3) is 0.357. The van der Waals surface area contributed by atoms with Crippen LogP contribution < -0.4 is 5.56 Å². The number of carbonyl (C=O) groups is 1. The van der Waals surface area contributed by atoms with Gasteiger partial charge in [0.2, 0.25) is 0 Å². The maximum atomic E-state index is 13.2. The Balaban J connectivity index is 1.12. The van der Waals surface area contributed by atoms with Crippen molar-refractivity contribution in [1.82, 2.24) is 24.8 Å². The first-order valence-electron chi connectivity index (χ1n) is 12.6. The Morgan fingerprint density at radius 1 is 1.00 bits per heavy atom. The Morgan fingerprint density at radius 2 is 1.78 bits per heavy atom. The molecule has 7 nitrogen and oxygen atoms in total. The minimum Gasteiger partial charge on any atom is -0.336 e. The Kier molecular flexibility index (Phi) is 6.15. The number of rotatable bonds is 4. The predicted octanol–water partition coefficient (Wildman–Crippen LogP) is 4.19. The van der Waals surface area contributed by atoms with Crippen molar-refractivity contribution in [1.29, 1.82) is 0 Å². The van der Waals surface area contributed by atoms with Crippen LogP contribution in [0, 0.1) is 6.92 Å². The van der Waals surface area contributed by atoms with Gasteiger partial charge in [-0.3, -0.25) is 19.5 Å². The van der Waals surface area contributed by atoms with E-state index in [1.807, 2.05) is 54.3 Å². The number of fused-ring (bicyclic) bond motifs is 3. The van der Waals surface area contributed by atoms with Gasteiger partial charge < -0.3 is 9.88 Å². The van der Waals surface area contributed by atoms with E-state index in [9.17, 15) is 9.59 Å². The van der Waals surface area contributed by atoms with Gasteiger partial charge in [0.25, 0.3) is 11.5 Å². The van der Waals surface area contributed by atoms with E-state index >= 15 is 0 Å².